The van der Waals surface area contributed by atoms with Gasteiger partial charge >= 0.3 is 0 Å². The van der Waals surface area contributed by atoms with Crippen LogP contribution in [0.1, 0.15) is 40.0 Å². The Balaban J connectivity index is 2.47. The maximum absolute atomic E-state index is 12.2. The first-order valence-corrected chi connectivity index (χ1v) is 7.47. The first-order valence-electron chi connectivity index (χ1n) is 7.47. The van der Waals surface area contributed by atoms with Crippen LogP contribution in [0, 0.1) is 11.3 Å². The number of hydrogen-bond donors (Lipinski definition) is 1. The molecule has 116 valence electrons. The second kappa shape index (κ2) is 7.07. The molecule has 0 aromatic carbocycles. The molecule has 1 aliphatic rings. The number of amides is 2. The second-order valence-corrected chi connectivity index (χ2v) is 6.81. The van der Waals surface area contributed by atoms with Gasteiger partial charge in [0.2, 0.25) is 11.8 Å². The summed E-state index contributed by atoms with van der Waals surface area (Å²) < 4.78 is 0. The Bertz CT molecular complexity index is 350. The molecule has 0 aliphatic carbocycles. The van der Waals surface area contributed by atoms with Crippen molar-refractivity contribution in [2.45, 2.75) is 40.0 Å². The van der Waals surface area contributed by atoms with E-state index in [0.717, 1.165) is 12.8 Å². The van der Waals surface area contributed by atoms with E-state index in [-0.39, 0.29) is 23.8 Å². The molecule has 5 nitrogen and oxygen atoms in total. The molecular weight excluding hydrogens is 254 g/mol. The van der Waals surface area contributed by atoms with Crippen molar-refractivity contribution >= 4 is 11.8 Å². The van der Waals surface area contributed by atoms with Gasteiger partial charge in [-0.1, -0.05) is 20.8 Å². The lowest BCUT2D eigenvalue weighted by Gasteiger charge is -2.34. The van der Waals surface area contributed by atoms with Gasteiger partial charge in [0.05, 0.1) is 6.54 Å². The zero-order chi connectivity index (χ0) is 15.3. The fourth-order valence-corrected chi connectivity index (χ4v) is 2.64. The highest BCUT2D eigenvalue weighted by atomic mass is 16.2. The van der Waals surface area contributed by atoms with Crippen molar-refractivity contribution in [3.8, 4) is 0 Å². The largest absolute Gasteiger partial charge is 0.342 e. The summed E-state index contributed by atoms with van der Waals surface area (Å²) in [5.74, 6) is 0.566. The third-order valence-corrected chi connectivity index (χ3v) is 4.26. The summed E-state index contributed by atoms with van der Waals surface area (Å²) in [6, 6.07) is 0. The molecule has 1 aliphatic heterocycles. The molecule has 1 saturated heterocycles. The van der Waals surface area contributed by atoms with E-state index in [0.29, 0.717) is 32.0 Å². The van der Waals surface area contributed by atoms with Gasteiger partial charge in [0.25, 0.3) is 0 Å². The quantitative estimate of drug-likeness (QED) is 0.821. The first-order chi connectivity index (χ1) is 9.25. The molecule has 0 aromatic rings. The molecule has 0 spiro atoms. The molecule has 20 heavy (non-hydrogen) atoms. The van der Waals surface area contributed by atoms with E-state index in [1.807, 2.05) is 0 Å². The summed E-state index contributed by atoms with van der Waals surface area (Å²) in [7, 11) is 1.78. The van der Waals surface area contributed by atoms with E-state index < -0.39 is 0 Å². The zero-order valence-electron chi connectivity index (χ0n) is 13.3. The van der Waals surface area contributed by atoms with Crippen molar-refractivity contribution in [1.82, 2.24) is 9.80 Å². The summed E-state index contributed by atoms with van der Waals surface area (Å²) in [5, 5.41) is 0. The average molecular weight is 283 g/mol. The first kappa shape index (κ1) is 17.0. The van der Waals surface area contributed by atoms with Crippen LogP contribution in [0.5, 0.6) is 0 Å². The number of nitrogens with two attached hydrogens (primary N) is 1. The SMILES string of the molecule is CN1CCN(C(=O)CCC(CCN)C(C)(C)C)CC1=O. The average Bonchev–Trinajstić information content (AvgIpc) is 2.36. The highest BCUT2D eigenvalue weighted by molar-refractivity contribution is 5.85. The molecule has 1 rings (SSSR count). The molecular formula is C15H29N3O2. The molecule has 1 atom stereocenters. The van der Waals surface area contributed by atoms with Gasteiger partial charge < -0.3 is 15.5 Å². The van der Waals surface area contributed by atoms with Gasteiger partial charge in [-0.25, -0.2) is 0 Å². The van der Waals surface area contributed by atoms with E-state index >= 15 is 0 Å². The third kappa shape index (κ3) is 4.78. The summed E-state index contributed by atoms with van der Waals surface area (Å²) in [5.41, 5.74) is 5.83. The highest BCUT2D eigenvalue weighted by Gasteiger charge is 2.28. The topological polar surface area (TPSA) is 66.6 Å². The van der Waals surface area contributed by atoms with Crippen molar-refractivity contribution in [2.75, 3.05) is 33.2 Å². The Morgan fingerprint density at radius 3 is 2.45 bits per heavy atom. The Labute approximate surface area is 122 Å². The molecule has 0 radical (unpaired) electrons. The lowest BCUT2D eigenvalue weighted by atomic mass is 9.76. The number of nitrogens with zero attached hydrogens (tertiary/aromatic N) is 2. The van der Waals surface area contributed by atoms with E-state index in [1.54, 1.807) is 16.8 Å². The van der Waals surface area contributed by atoms with E-state index in [4.69, 9.17) is 5.73 Å². The normalized spacial score (nSPS) is 18.4. The molecule has 2 amide bonds. The molecule has 0 aromatic heterocycles. The Hall–Kier alpha value is -1.10. The molecule has 1 heterocycles. The molecule has 5 heteroatoms. The third-order valence-electron chi connectivity index (χ3n) is 4.26. The van der Waals surface area contributed by atoms with Gasteiger partial charge in [-0.3, -0.25) is 9.59 Å². The van der Waals surface area contributed by atoms with Crippen LogP contribution < -0.4 is 5.73 Å². The number of piperazine rings is 1. The van der Waals surface area contributed by atoms with Gasteiger partial charge in [0.1, 0.15) is 0 Å². The molecule has 0 bridgehead atoms. The van der Waals surface area contributed by atoms with E-state index in [2.05, 4.69) is 20.8 Å². The van der Waals surface area contributed by atoms with Gasteiger partial charge in [-0.2, -0.15) is 0 Å². The molecule has 1 unspecified atom stereocenters. The Kier molecular flexibility index (Phi) is 5.99. The van der Waals surface area contributed by atoms with Gasteiger partial charge in [-0.15, -0.1) is 0 Å². The Morgan fingerprint density at radius 1 is 1.30 bits per heavy atom. The molecule has 2 N–H and O–H groups in total. The van der Waals surface area contributed by atoms with Crippen LogP contribution in [0.15, 0.2) is 0 Å². The number of rotatable bonds is 5. The lowest BCUT2D eigenvalue weighted by molar-refractivity contribution is -0.144. The van der Waals surface area contributed by atoms with Crippen LogP contribution in [0.2, 0.25) is 0 Å². The monoisotopic (exact) mass is 283 g/mol. The van der Waals surface area contributed by atoms with Gasteiger partial charge in [0, 0.05) is 26.6 Å². The van der Waals surface area contributed by atoms with Crippen LogP contribution in [0.4, 0.5) is 0 Å². The van der Waals surface area contributed by atoms with Crippen molar-refractivity contribution in [1.29, 1.82) is 0 Å². The predicted molar refractivity (Wildman–Crippen MR) is 80.1 cm³/mol. The number of carbonyl (C=O) groups is 2. The number of hydrogen-bond acceptors (Lipinski definition) is 3. The fraction of sp³-hybridized carbons (Fsp3) is 0.867. The van der Waals surface area contributed by atoms with Crippen molar-refractivity contribution in [3.05, 3.63) is 0 Å². The fourth-order valence-electron chi connectivity index (χ4n) is 2.64. The van der Waals surface area contributed by atoms with Gasteiger partial charge in [0.15, 0.2) is 0 Å². The molecule has 0 saturated carbocycles. The van der Waals surface area contributed by atoms with Crippen LogP contribution >= 0.6 is 0 Å². The summed E-state index contributed by atoms with van der Waals surface area (Å²) in [6.45, 7) is 8.75. The van der Waals surface area contributed by atoms with E-state index in [1.165, 1.54) is 0 Å². The number of likely N-dealkylation sites (N-methyl/N-ethyl adjacent to an activating group) is 1. The van der Waals surface area contributed by atoms with Crippen LogP contribution in [0.3, 0.4) is 0 Å². The maximum Gasteiger partial charge on any atom is 0.241 e. The standard InChI is InChI=1S/C15H29N3O2/c1-15(2,3)12(7-8-16)5-6-13(19)18-10-9-17(4)14(20)11-18/h12H,5-11,16H2,1-4H3. The molecule has 1 fully saturated rings. The minimum absolute atomic E-state index is 0.0268. The second-order valence-electron chi connectivity index (χ2n) is 6.81. The summed E-state index contributed by atoms with van der Waals surface area (Å²) in [6.07, 6.45) is 2.30. The minimum atomic E-state index is 0.0268. The van der Waals surface area contributed by atoms with Crippen LogP contribution in [-0.2, 0) is 9.59 Å². The predicted octanol–water partition coefficient (Wildman–Crippen LogP) is 1.08. The summed E-state index contributed by atoms with van der Waals surface area (Å²) >= 11 is 0. The van der Waals surface area contributed by atoms with Crippen molar-refractivity contribution < 1.29 is 9.59 Å². The number of carbonyl (C=O) groups excluding carboxylic acids is 2. The van der Waals surface area contributed by atoms with Crippen LogP contribution in [-0.4, -0.2) is 54.8 Å². The lowest BCUT2D eigenvalue weighted by Crippen LogP contribution is -2.50. The summed E-state index contributed by atoms with van der Waals surface area (Å²) in [4.78, 5) is 27.2. The van der Waals surface area contributed by atoms with Crippen molar-refractivity contribution in [3.63, 3.8) is 0 Å². The smallest absolute Gasteiger partial charge is 0.241 e. The minimum Gasteiger partial charge on any atom is -0.342 e. The maximum atomic E-state index is 12.2. The Morgan fingerprint density at radius 2 is 1.95 bits per heavy atom. The van der Waals surface area contributed by atoms with E-state index in [9.17, 15) is 9.59 Å². The zero-order valence-corrected chi connectivity index (χ0v) is 13.3. The van der Waals surface area contributed by atoms with Gasteiger partial charge in [-0.05, 0) is 30.7 Å². The van der Waals surface area contributed by atoms with Crippen LogP contribution in [0.25, 0.3) is 0 Å². The highest BCUT2D eigenvalue weighted by Crippen LogP contribution is 2.32. The van der Waals surface area contributed by atoms with Crippen molar-refractivity contribution in [2.24, 2.45) is 17.1 Å².